The zero-order valence-electron chi connectivity index (χ0n) is 10.8. The predicted molar refractivity (Wildman–Crippen MR) is 67.0 cm³/mol. The van der Waals surface area contributed by atoms with Crippen molar-refractivity contribution in [2.45, 2.75) is 39.7 Å². The molecule has 0 aliphatic rings. The van der Waals surface area contributed by atoms with Crippen LogP contribution in [0.3, 0.4) is 0 Å². The number of hydrogen-bond acceptors (Lipinski definition) is 1. The summed E-state index contributed by atoms with van der Waals surface area (Å²) in [6.07, 6.45) is 1.51. The van der Waals surface area contributed by atoms with E-state index in [-0.39, 0.29) is 0 Å². The van der Waals surface area contributed by atoms with Gasteiger partial charge in [0, 0.05) is 12.1 Å². The average molecular weight is 241 g/mol. The maximum Gasteiger partial charge on any atom is 0.129 e. The molecule has 3 heteroatoms. The normalized spacial score (nSPS) is 13.1. The summed E-state index contributed by atoms with van der Waals surface area (Å²) < 4.78 is 26.2. The van der Waals surface area contributed by atoms with E-state index in [4.69, 9.17) is 0 Å². The molecular weight excluding hydrogens is 220 g/mol. The molecule has 1 atom stereocenters. The number of hydrogen-bond donors (Lipinski definition) is 1. The third-order valence-electron chi connectivity index (χ3n) is 3.01. The molecule has 1 unspecified atom stereocenters. The molecule has 1 nitrogen and oxygen atoms in total. The molecule has 0 aromatic heterocycles. The van der Waals surface area contributed by atoms with Crippen LogP contribution in [0.15, 0.2) is 18.2 Å². The Morgan fingerprint density at radius 2 is 1.94 bits per heavy atom. The first-order valence-electron chi connectivity index (χ1n) is 6.22. The largest absolute Gasteiger partial charge is 0.314 e. The number of nitrogens with one attached hydrogen (secondary N) is 1. The SMILES string of the molecule is CCNC(CCc1ccc(F)cc1F)C(C)C. The molecule has 1 rings (SSSR count). The molecule has 1 aromatic carbocycles. The molecule has 17 heavy (non-hydrogen) atoms. The van der Waals surface area contributed by atoms with Gasteiger partial charge in [-0.05, 0) is 36.9 Å². The van der Waals surface area contributed by atoms with Gasteiger partial charge in [-0.3, -0.25) is 0 Å². The topological polar surface area (TPSA) is 12.0 Å². The molecule has 0 radical (unpaired) electrons. The van der Waals surface area contributed by atoms with Crippen molar-refractivity contribution in [2.24, 2.45) is 5.92 Å². The Morgan fingerprint density at radius 1 is 1.24 bits per heavy atom. The molecule has 0 saturated heterocycles. The van der Waals surface area contributed by atoms with Gasteiger partial charge in [0.05, 0.1) is 0 Å². The molecule has 96 valence electrons. The van der Waals surface area contributed by atoms with Crippen LogP contribution in [0.4, 0.5) is 8.78 Å². The molecular formula is C14H21F2N. The van der Waals surface area contributed by atoms with Crippen LogP contribution in [-0.4, -0.2) is 12.6 Å². The van der Waals surface area contributed by atoms with Crippen LogP contribution in [0, 0.1) is 17.6 Å². The molecule has 1 aromatic rings. The molecule has 0 aliphatic carbocycles. The maximum absolute atomic E-state index is 13.4. The summed E-state index contributed by atoms with van der Waals surface area (Å²) in [7, 11) is 0. The Bertz CT molecular complexity index is 350. The third-order valence-corrected chi connectivity index (χ3v) is 3.01. The number of aryl methyl sites for hydroxylation is 1. The predicted octanol–water partition coefficient (Wildman–Crippen LogP) is 3.53. The van der Waals surface area contributed by atoms with E-state index in [0.29, 0.717) is 23.9 Å². The first-order chi connectivity index (χ1) is 8.04. The van der Waals surface area contributed by atoms with Gasteiger partial charge >= 0.3 is 0 Å². The van der Waals surface area contributed by atoms with Gasteiger partial charge in [0.1, 0.15) is 11.6 Å². The number of rotatable bonds is 6. The molecule has 0 heterocycles. The van der Waals surface area contributed by atoms with Crippen molar-refractivity contribution in [2.75, 3.05) is 6.54 Å². The molecule has 0 bridgehead atoms. The van der Waals surface area contributed by atoms with Crippen molar-refractivity contribution in [1.29, 1.82) is 0 Å². The molecule has 0 spiro atoms. The zero-order chi connectivity index (χ0) is 12.8. The van der Waals surface area contributed by atoms with Gasteiger partial charge in [-0.2, -0.15) is 0 Å². The van der Waals surface area contributed by atoms with Gasteiger partial charge in [-0.15, -0.1) is 0 Å². The van der Waals surface area contributed by atoms with Crippen LogP contribution in [-0.2, 0) is 6.42 Å². The van der Waals surface area contributed by atoms with Crippen molar-refractivity contribution in [3.63, 3.8) is 0 Å². The monoisotopic (exact) mass is 241 g/mol. The summed E-state index contributed by atoms with van der Waals surface area (Å²) >= 11 is 0. The summed E-state index contributed by atoms with van der Waals surface area (Å²) in [6.45, 7) is 7.27. The summed E-state index contributed by atoms with van der Waals surface area (Å²) in [4.78, 5) is 0. The second-order valence-corrected chi connectivity index (χ2v) is 4.68. The van der Waals surface area contributed by atoms with Crippen LogP contribution >= 0.6 is 0 Å². The van der Waals surface area contributed by atoms with E-state index in [1.54, 1.807) is 0 Å². The Hall–Kier alpha value is -0.960. The van der Waals surface area contributed by atoms with Crippen LogP contribution in [0.1, 0.15) is 32.8 Å². The van der Waals surface area contributed by atoms with E-state index < -0.39 is 11.6 Å². The third kappa shape index (κ3) is 4.43. The van der Waals surface area contributed by atoms with E-state index in [2.05, 4.69) is 26.1 Å². The minimum atomic E-state index is -0.515. The Labute approximate surface area is 102 Å². The number of halogens is 2. The zero-order valence-corrected chi connectivity index (χ0v) is 10.8. The smallest absolute Gasteiger partial charge is 0.129 e. The fraction of sp³-hybridized carbons (Fsp3) is 0.571. The van der Waals surface area contributed by atoms with Gasteiger partial charge in [0.25, 0.3) is 0 Å². The second kappa shape index (κ2) is 6.70. The molecule has 0 saturated carbocycles. The van der Waals surface area contributed by atoms with Crippen molar-refractivity contribution in [3.05, 3.63) is 35.4 Å². The lowest BCUT2D eigenvalue weighted by Gasteiger charge is -2.21. The van der Waals surface area contributed by atoms with Crippen molar-refractivity contribution >= 4 is 0 Å². The van der Waals surface area contributed by atoms with Crippen LogP contribution < -0.4 is 5.32 Å². The van der Waals surface area contributed by atoms with Crippen molar-refractivity contribution in [1.82, 2.24) is 5.32 Å². The summed E-state index contributed by atoms with van der Waals surface area (Å²) in [5.41, 5.74) is 0.593. The average Bonchev–Trinajstić information content (AvgIpc) is 2.25. The minimum Gasteiger partial charge on any atom is -0.314 e. The Balaban J connectivity index is 2.59. The fourth-order valence-electron chi connectivity index (χ4n) is 1.97. The summed E-state index contributed by atoms with van der Waals surface area (Å²) in [5, 5.41) is 3.39. The van der Waals surface area contributed by atoms with Gasteiger partial charge in [-0.25, -0.2) is 8.78 Å². The lowest BCUT2D eigenvalue weighted by Crippen LogP contribution is -2.34. The highest BCUT2D eigenvalue weighted by Crippen LogP contribution is 2.15. The summed E-state index contributed by atoms with van der Waals surface area (Å²) in [6, 6.07) is 4.18. The van der Waals surface area contributed by atoms with Crippen molar-refractivity contribution in [3.8, 4) is 0 Å². The lowest BCUT2D eigenvalue weighted by atomic mass is 9.96. The minimum absolute atomic E-state index is 0.379. The summed E-state index contributed by atoms with van der Waals surface area (Å²) in [5.74, 6) is -0.444. The van der Waals surface area contributed by atoms with Gasteiger partial charge in [0.15, 0.2) is 0 Å². The van der Waals surface area contributed by atoms with Crippen LogP contribution in [0.2, 0.25) is 0 Å². The number of benzene rings is 1. The first-order valence-corrected chi connectivity index (χ1v) is 6.22. The maximum atomic E-state index is 13.4. The van der Waals surface area contributed by atoms with Gasteiger partial charge in [-0.1, -0.05) is 26.8 Å². The highest BCUT2D eigenvalue weighted by atomic mass is 19.1. The molecule has 0 amide bonds. The Kier molecular flexibility index (Phi) is 5.56. The lowest BCUT2D eigenvalue weighted by molar-refractivity contribution is 0.383. The second-order valence-electron chi connectivity index (χ2n) is 4.68. The molecule has 1 N–H and O–H groups in total. The van der Waals surface area contributed by atoms with Gasteiger partial charge < -0.3 is 5.32 Å². The van der Waals surface area contributed by atoms with E-state index in [1.807, 2.05) is 0 Å². The highest BCUT2D eigenvalue weighted by molar-refractivity contribution is 5.18. The molecule has 0 fully saturated rings. The van der Waals surface area contributed by atoms with Gasteiger partial charge in [0.2, 0.25) is 0 Å². The van der Waals surface area contributed by atoms with Crippen LogP contribution in [0.5, 0.6) is 0 Å². The van der Waals surface area contributed by atoms with Crippen LogP contribution in [0.25, 0.3) is 0 Å². The molecule has 0 aliphatic heterocycles. The van der Waals surface area contributed by atoms with E-state index >= 15 is 0 Å². The fourth-order valence-corrected chi connectivity index (χ4v) is 1.97. The highest BCUT2D eigenvalue weighted by Gasteiger charge is 2.13. The van der Waals surface area contributed by atoms with E-state index in [9.17, 15) is 8.78 Å². The van der Waals surface area contributed by atoms with Crippen molar-refractivity contribution < 1.29 is 8.78 Å². The van der Waals surface area contributed by atoms with E-state index in [1.165, 1.54) is 12.1 Å². The van der Waals surface area contributed by atoms with E-state index in [0.717, 1.165) is 19.0 Å². The quantitative estimate of drug-likeness (QED) is 0.803. The standard InChI is InChI=1S/C14H21F2N/c1-4-17-14(10(2)3)8-6-11-5-7-12(15)9-13(11)16/h5,7,9-10,14,17H,4,6,8H2,1-3H3. The first kappa shape index (κ1) is 14.1. The Morgan fingerprint density at radius 3 is 2.47 bits per heavy atom.